The first-order valence-electron chi connectivity index (χ1n) is 10.5. The highest BCUT2D eigenvalue weighted by atomic mass is 32.2. The third kappa shape index (κ3) is 4.84. The van der Waals surface area contributed by atoms with Gasteiger partial charge in [0.05, 0.1) is 22.0 Å². The molecule has 1 aromatic carbocycles. The second kappa shape index (κ2) is 9.45. The maximum absolute atomic E-state index is 12.5. The molecule has 0 atom stereocenters. The lowest BCUT2D eigenvalue weighted by Crippen LogP contribution is -2.54. The first-order valence-corrected chi connectivity index (χ1v) is 11.9. The predicted molar refractivity (Wildman–Crippen MR) is 116 cm³/mol. The van der Waals surface area contributed by atoms with Crippen LogP contribution in [-0.2, 0) is 33.0 Å². The molecule has 30 heavy (non-hydrogen) atoms. The lowest BCUT2D eigenvalue weighted by Gasteiger charge is -2.39. The van der Waals surface area contributed by atoms with E-state index in [2.05, 4.69) is 11.9 Å². The molecule has 1 aromatic heterocycles. The van der Waals surface area contributed by atoms with Crippen LogP contribution >= 0.6 is 0 Å². The van der Waals surface area contributed by atoms with Gasteiger partial charge in [0.15, 0.2) is 0 Å². The number of aromatic nitrogens is 2. The van der Waals surface area contributed by atoms with Crippen LogP contribution in [0.1, 0.15) is 38.4 Å². The molecule has 8 nitrogen and oxygen atoms in total. The Morgan fingerprint density at radius 1 is 1.27 bits per heavy atom. The number of rotatable bonds is 10. The van der Waals surface area contributed by atoms with E-state index in [-0.39, 0.29) is 16.9 Å². The Balaban J connectivity index is 1.56. The van der Waals surface area contributed by atoms with Crippen molar-refractivity contribution in [1.29, 1.82) is 0 Å². The summed E-state index contributed by atoms with van der Waals surface area (Å²) in [6.45, 7) is 4.27. The monoisotopic (exact) mass is 436 g/mol. The van der Waals surface area contributed by atoms with Crippen LogP contribution in [0.15, 0.2) is 23.1 Å². The molecule has 0 N–H and O–H groups in total. The molecular weight excluding hydrogens is 404 g/mol. The van der Waals surface area contributed by atoms with Gasteiger partial charge in [0.25, 0.3) is 0 Å². The number of likely N-dealkylation sites (tertiary alicyclic amines) is 1. The van der Waals surface area contributed by atoms with Crippen molar-refractivity contribution >= 4 is 27.0 Å². The van der Waals surface area contributed by atoms with Crippen molar-refractivity contribution < 1.29 is 17.9 Å². The predicted octanol–water partition coefficient (Wildman–Crippen LogP) is 2.17. The van der Waals surface area contributed by atoms with Crippen molar-refractivity contribution in [3.8, 4) is 0 Å². The molecular formula is C21H32N4O4S. The molecule has 3 rings (SSSR count). The summed E-state index contributed by atoms with van der Waals surface area (Å²) in [7, 11) is 1.39. The average molecular weight is 437 g/mol. The van der Waals surface area contributed by atoms with Crippen LogP contribution in [0.4, 0.5) is 0 Å². The summed E-state index contributed by atoms with van der Waals surface area (Å²) in [6, 6.07) is 4.95. The molecule has 0 spiro atoms. The minimum absolute atomic E-state index is 0.103. The number of hydrogen-bond acceptors (Lipinski definition) is 5. The fraction of sp³-hybridized carbons (Fsp3) is 0.619. The number of benzene rings is 1. The van der Waals surface area contributed by atoms with E-state index in [0.717, 1.165) is 24.4 Å². The highest BCUT2D eigenvalue weighted by Gasteiger charge is 2.31. The Kier molecular flexibility index (Phi) is 7.15. The van der Waals surface area contributed by atoms with Crippen LogP contribution < -0.4 is 0 Å². The van der Waals surface area contributed by atoms with Crippen LogP contribution in [0.2, 0.25) is 0 Å². The van der Waals surface area contributed by atoms with Gasteiger partial charge in [-0.05, 0) is 24.6 Å². The van der Waals surface area contributed by atoms with E-state index in [1.54, 1.807) is 18.2 Å². The van der Waals surface area contributed by atoms with Gasteiger partial charge in [0.1, 0.15) is 5.82 Å². The minimum Gasteiger partial charge on any atom is -0.375 e. The van der Waals surface area contributed by atoms with Crippen LogP contribution in [0.3, 0.4) is 0 Å². The average Bonchev–Trinajstić information content (AvgIpc) is 2.99. The number of unbranched alkanes of at least 4 members (excludes halogenated alkanes) is 2. The number of nitrogens with zero attached hydrogens (tertiary/aromatic N) is 4. The van der Waals surface area contributed by atoms with E-state index in [0.29, 0.717) is 31.4 Å². The topological polar surface area (TPSA) is 84.7 Å². The number of sulfonamides is 1. The summed E-state index contributed by atoms with van der Waals surface area (Å²) in [4.78, 5) is 19.1. The maximum Gasteiger partial charge on any atom is 0.242 e. The number of ether oxygens (including phenoxy) is 1. The van der Waals surface area contributed by atoms with Gasteiger partial charge in [0.2, 0.25) is 15.9 Å². The molecule has 1 amide bonds. The van der Waals surface area contributed by atoms with Crippen molar-refractivity contribution in [3.63, 3.8) is 0 Å². The highest BCUT2D eigenvalue weighted by molar-refractivity contribution is 7.89. The van der Waals surface area contributed by atoms with Crippen molar-refractivity contribution in [2.75, 3.05) is 33.8 Å². The number of carbonyl (C=O) groups excluding carboxylic acids is 1. The molecule has 166 valence electrons. The fourth-order valence-electron chi connectivity index (χ4n) is 3.55. The number of imidazole rings is 1. The van der Waals surface area contributed by atoms with Gasteiger partial charge < -0.3 is 14.2 Å². The molecule has 9 heteroatoms. The maximum atomic E-state index is 12.5. The van der Waals surface area contributed by atoms with E-state index in [4.69, 9.17) is 4.74 Å². The third-order valence-electron chi connectivity index (χ3n) is 5.59. The second-order valence-corrected chi connectivity index (χ2v) is 10.2. The van der Waals surface area contributed by atoms with Crippen LogP contribution in [0, 0.1) is 0 Å². The van der Waals surface area contributed by atoms with Crippen molar-refractivity contribution in [2.45, 2.75) is 50.0 Å². The van der Waals surface area contributed by atoms with Gasteiger partial charge in [-0.1, -0.05) is 19.8 Å². The molecule has 0 unspecified atom stereocenters. The van der Waals surface area contributed by atoms with E-state index >= 15 is 0 Å². The van der Waals surface area contributed by atoms with Gasteiger partial charge in [-0.2, -0.15) is 0 Å². The number of carbonyl (C=O) groups is 1. The fourth-order valence-corrected chi connectivity index (χ4v) is 4.47. The van der Waals surface area contributed by atoms with Gasteiger partial charge in [-0.3, -0.25) is 4.79 Å². The number of aryl methyl sites for hydroxylation is 2. The quantitative estimate of drug-likeness (QED) is 0.533. The molecule has 1 aliphatic heterocycles. The summed E-state index contributed by atoms with van der Waals surface area (Å²) < 4.78 is 33.6. The molecule has 0 saturated carbocycles. The highest BCUT2D eigenvalue weighted by Crippen LogP contribution is 2.22. The van der Waals surface area contributed by atoms with Crippen LogP contribution in [0.5, 0.6) is 0 Å². The normalized spacial score (nSPS) is 15.2. The summed E-state index contributed by atoms with van der Waals surface area (Å²) in [5, 5.41) is 0. The molecule has 1 fully saturated rings. The molecule has 0 bridgehead atoms. The van der Waals surface area contributed by atoms with Crippen molar-refractivity contribution in [2.24, 2.45) is 7.05 Å². The molecule has 1 saturated heterocycles. The smallest absolute Gasteiger partial charge is 0.242 e. The van der Waals surface area contributed by atoms with Gasteiger partial charge in [-0.25, -0.2) is 17.7 Å². The summed E-state index contributed by atoms with van der Waals surface area (Å²) in [5.41, 5.74) is 1.46. The Morgan fingerprint density at radius 2 is 2.00 bits per heavy atom. The molecule has 0 radical (unpaired) electrons. The summed E-state index contributed by atoms with van der Waals surface area (Å²) in [6.07, 6.45) is 4.48. The van der Waals surface area contributed by atoms with Crippen LogP contribution in [-0.4, -0.2) is 73.0 Å². The molecule has 2 heterocycles. The minimum atomic E-state index is -3.51. The van der Waals surface area contributed by atoms with Crippen LogP contribution in [0.25, 0.3) is 11.0 Å². The molecule has 2 aromatic rings. The largest absolute Gasteiger partial charge is 0.375 e. The van der Waals surface area contributed by atoms with E-state index < -0.39 is 10.0 Å². The summed E-state index contributed by atoms with van der Waals surface area (Å²) in [5.74, 6) is 0.872. The van der Waals surface area contributed by atoms with Gasteiger partial charge >= 0.3 is 0 Å². The number of hydrogen-bond donors (Lipinski definition) is 0. The first kappa shape index (κ1) is 22.7. The van der Waals surface area contributed by atoms with Crippen molar-refractivity contribution in [3.05, 3.63) is 24.0 Å². The lowest BCUT2D eigenvalue weighted by molar-refractivity contribution is -0.145. The first-order chi connectivity index (χ1) is 14.2. The summed E-state index contributed by atoms with van der Waals surface area (Å²) >= 11 is 0. The zero-order valence-electron chi connectivity index (χ0n) is 18.3. The Morgan fingerprint density at radius 3 is 2.67 bits per heavy atom. The Bertz CT molecular complexity index is 994. The van der Waals surface area contributed by atoms with Gasteiger partial charge in [0, 0.05) is 53.7 Å². The zero-order chi connectivity index (χ0) is 21.9. The lowest BCUT2D eigenvalue weighted by atomic mass is 10.1. The van der Waals surface area contributed by atoms with E-state index in [9.17, 15) is 13.2 Å². The number of amides is 1. The Labute approximate surface area is 178 Å². The molecule has 1 aliphatic rings. The third-order valence-corrected chi connectivity index (χ3v) is 7.40. The SMILES string of the molecule is CCCCCOC1CN(C(=O)CCc2nc3cc(S(=O)(=O)N(C)C)ccc3n2C)C1. The standard InChI is InChI=1S/C21H32N4O4S/c1-5-6-7-12-29-16-14-25(15-16)21(26)11-10-20-22-18-13-17(30(27,28)23(2)3)8-9-19(18)24(20)4/h8-9,13,16H,5-7,10-12,14-15H2,1-4H3. The second-order valence-electron chi connectivity index (χ2n) is 8.02. The van der Waals surface area contributed by atoms with Crippen molar-refractivity contribution in [1.82, 2.24) is 18.8 Å². The zero-order valence-corrected chi connectivity index (χ0v) is 19.1. The van der Waals surface area contributed by atoms with E-state index in [1.165, 1.54) is 31.2 Å². The van der Waals surface area contributed by atoms with E-state index in [1.807, 2.05) is 16.5 Å². The van der Waals surface area contributed by atoms with Gasteiger partial charge in [-0.15, -0.1) is 0 Å². The molecule has 0 aliphatic carbocycles. The number of fused-ring (bicyclic) bond motifs is 1. The Hall–Kier alpha value is -1.97.